The van der Waals surface area contributed by atoms with Crippen LogP contribution in [0.4, 0.5) is 18.3 Å². The molecule has 0 aliphatic carbocycles. The molecule has 1 aromatic rings. The van der Waals surface area contributed by atoms with Crippen molar-refractivity contribution in [2.24, 2.45) is 0 Å². The van der Waals surface area contributed by atoms with Crippen LogP contribution in [0, 0.1) is 11.8 Å². The second-order valence-corrected chi connectivity index (χ2v) is 5.56. The first-order valence-electron chi connectivity index (χ1n) is 4.61. The molecule has 0 aromatic carbocycles. The third-order valence-corrected chi connectivity index (χ3v) is 3.42. The Morgan fingerprint density at radius 1 is 1.47 bits per heavy atom. The molecule has 0 radical (unpaired) electrons. The van der Waals surface area contributed by atoms with Crippen molar-refractivity contribution in [3.8, 4) is 11.8 Å². The first kappa shape index (κ1) is 15.7. The number of halogens is 3. The highest BCUT2D eigenvalue weighted by Crippen LogP contribution is 2.18. The van der Waals surface area contributed by atoms with Crippen molar-refractivity contribution in [3.05, 3.63) is 11.1 Å². The molecule has 0 saturated heterocycles. The molecule has 0 saturated carbocycles. The normalized spacial score (nSPS) is 11.8. The summed E-state index contributed by atoms with van der Waals surface area (Å²) < 4.78 is 61.2. The van der Waals surface area contributed by atoms with Gasteiger partial charge in [-0.2, -0.15) is 26.3 Å². The summed E-state index contributed by atoms with van der Waals surface area (Å²) in [7, 11) is -4.34. The van der Waals surface area contributed by atoms with Crippen molar-refractivity contribution < 1.29 is 26.7 Å². The van der Waals surface area contributed by atoms with E-state index in [0.717, 1.165) is 11.3 Å². The third-order valence-electron chi connectivity index (χ3n) is 1.48. The highest BCUT2D eigenvalue weighted by atomic mass is 32.2. The second-order valence-electron chi connectivity index (χ2n) is 3.03. The lowest BCUT2D eigenvalue weighted by Gasteiger charge is -2.08. The van der Waals surface area contributed by atoms with Crippen molar-refractivity contribution >= 4 is 26.7 Å². The number of aromatic nitrogens is 1. The van der Waals surface area contributed by atoms with Crippen LogP contribution in [0.2, 0.25) is 0 Å². The lowest BCUT2D eigenvalue weighted by atomic mass is 10.5. The highest BCUT2D eigenvalue weighted by molar-refractivity contribution is 7.91. The van der Waals surface area contributed by atoms with E-state index < -0.39 is 22.9 Å². The Balaban J connectivity index is 2.65. The van der Waals surface area contributed by atoms with E-state index in [1.54, 1.807) is 0 Å². The van der Waals surface area contributed by atoms with E-state index in [-0.39, 0.29) is 11.7 Å². The number of aliphatic hydroxyl groups is 1. The summed E-state index contributed by atoms with van der Waals surface area (Å²) in [5, 5.41) is 8.32. The van der Waals surface area contributed by atoms with E-state index in [0.29, 0.717) is 4.88 Å². The second kappa shape index (κ2) is 6.20. The fourth-order valence-corrected chi connectivity index (χ4v) is 2.58. The molecule has 1 heterocycles. The maximum Gasteiger partial charge on any atom is 0.402 e. The molecular weight excluding hydrogens is 307 g/mol. The van der Waals surface area contributed by atoms with Crippen LogP contribution in [0.1, 0.15) is 4.88 Å². The molecule has 0 spiro atoms. The minimum Gasteiger partial charge on any atom is -0.384 e. The number of nitrogens with zero attached hydrogens (tertiary/aromatic N) is 1. The summed E-state index contributed by atoms with van der Waals surface area (Å²) in [5.41, 5.74) is 0. The van der Waals surface area contributed by atoms with Gasteiger partial charge in [0.25, 0.3) is 0 Å². The van der Waals surface area contributed by atoms with Crippen LogP contribution in [0.3, 0.4) is 0 Å². The van der Waals surface area contributed by atoms with Gasteiger partial charge in [-0.3, -0.25) is 0 Å². The topological polar surface area (TPSA) is 91.3 Å². The molecule has 1 rings (SSSR count). The number of alkyl halides is 3. The van der Waals surface area contributed by atoms with Gasteiger partial charge >= 0.3 is 16.4 Å². The monoisotopic (exact) mass is 315 g/mol. The van der Waals surface area contributed by atoms with Gasteiger partial charge in [-0.05, 0) is 0 Å². The Hall–Kier alpha value is -1.35. The maximum absolute atomic E-state index is 11.9. The molecule has 0 unspecified atom stereocenters. The zero-order valence-electron chi connectivity index (χ0n) is 9.15. The van der Waals surface area contributed by atoms with Crippen LogP contribution >= 0.6 is 11.3 Å². The molecule has 1 aromatic heterocycles. The van der Waals surface area contributed by atoms with Crippen LogP contribution in [0.15, 0.2) is 6.20 Å². The summed E-state index contributed by atoms with van der Waals surface area (Å²) in [5.74, 6) is 4.80. The predicted molar refractivity (Wildman–Crippen MR) is 62.7 cm³/mol. The summed E-state index contributed by atoms with van der Waals surface area (Å²) >= 11 is 0.826. The molecule has 106 valence electrons. The van der Waals surface area contributed by atoms with E-state index in [4.69, 9.17) is 5.11 Å². The van der Waals surface area contributed by atoms with E-state index in [9.17, 15) is 21.6 Å². The fourth-order valence-electron chi connectivity index (χ4n) is 0.834. The molecule has 0 aliphatic rings. The molecular formula is C8H8F3N3O3S2. The van der Waals surface area contributed by atoms with E-state index in [1.165, 1.54) is 10.9 Å². The number of thiazole rings is 1. The molecule has 0 fully saturated rings. The van der Waals surface area contributed by atoms with E-state index in [1.807, 2.05) is 4.72 Å². The molecule has 0 aliphatic heterocycles. The molecule has 0 amide bonds. The van der Waals surface area contributed by atoms with Gasteiger partial charge in [0.2, 0.25) is 0 Å². The van der Waals surface area contributed by atoms with Gasteiger partial charge in [0.15, 0.2) is 5.13 Å². The largest absolute Gasteiger partial charge is 0.402 e. The summed E-state index contributed by atoms with van der Waals surface area (Å²) in [6.45, 7) is -2.04. The van der Waals surface area contributed by atoms with Crippen molar-refractivity contribution in [3.63, 3.8) is 0 Å². The molecule has 0 atom stereocenters. The van der Waals surface area contributed by atoms with E-state index >= 15 is 0 Å². The summed E-state index contributed by atoms with van der Waals surface area (Å²) in [6, 6.07) is 0. The summed E-state index contributed by atoms with van der Waals surface area (Å²) in [6.07, 6.45) is -3.41. The first-order chi connectivity index (χ1) is 8.72. The predicted octanol–water partition coefficient (Wildman–Crippen LogP) is 0.296. The SMILES string of the molecule is O=S(=O)(NCC(F)(F)F)Nc1ncc(C#CCO)s1. The number of hydrogen-bond acceptors (Lipinski definition) is 5. The Morgan fingerprint density at radius 3 is 2.74 bits per heavy atom. The molecule has 11 heteroatoms. The number of hydrogen-bond donors (Lipinski definition) is 3. The Kier molecular flexibility index (Phi) is 5.12. The van der Waals surface area contributed by atoms with Crippen molar-refractivity contribution in [2.75, 3.05) is 17.9 Å². The average molecular weight is 315 g/mol. The highest BCUT2D eigenvalue weighted by Gasteiger charge is 2.29. The first-order valence-corrected chi connectivity index (χ1v) is 6.91. The molecule has 6 nitrogen and oxygen atoms in total. The average Bonchev–Trinajstić information content (AvgIpc) is 2.70. The smallest absolute Gasteiger partial charge is 0.384 e. The Morgan fingerprint density at radius 2 is 2.16 bits per heavy atom. The number of nitrogens with one attached hydrogen (secondary N) is 2. The number of rotatable bonds is 4. The minimum atomic E-state index is -4.64. The summed E-state index contributed by atoms with van der Waals surface area (Å²) in [4.78, 5) is 3.99. The van der Waals surface area contributed by atoms with Gasteiger partial charge in [0.05, 0.1) is 11.1 Å². The van der Waals surface area contributed by atoms with E-state index in [2.05, 4.69) is 16.8 Å². The zero-order chi connectivity index (χ0) is 14.5. The van der Waals surface area contributed by atoms with Crippen LogP contribution in [-0.4, -0.2) is 37.8 Å². The van der Waals surface area contributed by atoms with Gasteiger partial charge < -0.3 is 5.11 Å². The van der Waals surface area contributed by atoms with Crippen molar-refractivity contribution in [1.82, 2.24) is 9.71 Å². The number of anilines is 1. The molecule has 3 N–H and O–H groups in total. The van der Waals surface area contributed by atoms with Gasteiger partial charge in [0, 0.05) is 0 Å². The van der Waals surface area contributed by atoms with Crippen LogP contribution in [0.25, 0.3) is 0 Å². The lowest BCUT2D eigenvalue weighted by Crippen LogP contribution is -2.37. The lowest BCUT2D eigenvalue weighted by molar-refractivity contribution is -0.121. The molecule has 0 bridgehead atoms. The van der Waals surface area contributed by atoms with Crippen LogP contribution in [-0.2, 0) is 10.2 Å². The van der Waals surface area contributed by atoms with Crippen LogP contribution in [0.5, 0.6) is 0 Å². The quantitative estimate of drug-likeness (QED) is 0.697. The van der Waals surface area contributed by atoms with Crippen molar-refractivity contribution in [2.45, 2.75) is 6.18 Å². The molecule has 19 heavy (non-hydrogen) atoms. The Labute approximate surface area is 110 Å². The zero-order valence-corrected chi connectivity index (χ0v) is 10.8. The third kappa shape index (κ3) is 6.39. The van der Waals surface area contributed by atoms with Crippen molar-refractivity contribution in [1.29, 1.82) is 0 Å². The number of aliphatic hydroxyl groups excluding tert-OH is 1. The standard InChI is InChI=1S/C8H8F3N3O3S2/c9-8(10,11)5-13-19(16,17)14-7-12-4-6(18-7)2-1-3-15/h4,13,15H,3,5H2,(H,12,14). The van der Waals surface area contributed by atoms with Gasteiger partial charge in [-0.25, -0.2) is 9.71 Å². The minimum absolute atomic E-state index is 0.128. The van der Waals surface area contributed by atoms with Gasteiger partial charge in [-0.15, -0.1) is 0 Å². The van der Waals surface area contributed by atoms with Gasteiger partial charge in [-0.1, -0.05) is 23.2 Å². The van der Waals surface area contributed by atoms with Crippen LogP contribution < -0.4 is 9.44 Å². The van der Waals surface area contributed by atoms with Gasteiger partial charge in [0.1, 0.15) is 13.2 Å². The Bertz CT molecular complexity index is 586. The maximum atomic E-state index is 11.9. The fraction of sp³-hybridized carbons (Fsp3) is 0.375.